The second-order valence-corrected chi connectivity index (χ2v) is 10.3. The average molecular weight is 364 g/mol. The number of fused-ring (bicyclic) bond motifs is 6. The second kappa shape index (κ2) is 6.19. The molecule has 6 aliphatic rings. The smallest absolute Gasteiger partial charge is 0.0553 e. The van der Waals surface area contributed by atoms with E-state index in [9.17, 15) is 0 Å². The number of hydrogen-bond donors (Lipinski definition) is 0. The Hall–Kier alpha value is -1.15. The molecule has 1 saturated heterocycles. The van der Waals surface area contributed by atoms with E-state index in [2.05, 4.69) is 65.3 Å². The van der Waals surface area contributed by atoms with Gasteiger partial charge in [0.1, 0.15) is 0 Å². The van der Waals surface area contributed by atoms with Crippen LogP contribution in [0.3, 0.4) is 0 Å². The van der Waals surface area contributed by atoms with Gasteiger partial charge >= 0.3 is 0 Å². The molecule has 2 heterocycles. The molecule has 26 heavy (non-hydrogen) atoms. The van der Waals surface area contributed by atoms with Crippen LogP contribution in [0.4, 0.5) is 0 Å². The van der Waals surface area contributed by atoms with Crippen LogP contribution in [0.15, 0.2) is 59.9 Å². The Morgan fingerprint density at radius 1 is 0.885 bits per heavy atom. The standard InChI is InChI=1S/C24H29NS/c1-2-8-16(9-3-1)25-20-12-6-4-11-19(20)23-21(25)15-14-18-17-10-5-7-13-22(17)26-24(18)23/h2,5,7-8,10,13-18,21-24H,1,3-4,6,9,11-12H2. The van der Waals surface area contributed by atoms with E-state index in [1.54, 1.807) is 5.70 Å². The lowest BCUT2D eigenvalue weighted by atomic mass is 9.72. The average Bonchev–Trinajstić information content (AvgIpc) is 3.24. The largest absolute Gasteiger partial charge is 0.361 e. The molecule has 136 valence electrons. The van der Waals surface area contributed by atoms with Crippen molar-refractivity contribution in [2.45, 2.75) is 67.5 Å². The molecule has 0 aromatic rings. The Kier molecular flexibility index (Phi) is 3.78. The van der Waals surface area contributed by atoms with Crippen molar-refractivity contribution in [3.8, 4) is 0 Å². The van der Waals surface area contributed by atoms with Crippen LogP contribution in [0, 0.1) is 17.8 Å². The molecule has 0 bridgehead atoms. The van der Waals surface area contributed by atoms with Crippen LogP contribution in [0.25, 0.3) is 0 Å². The van der Waals surface area contributed by atoms with E-state index in [0.29, 0.717) is 17.3 Å². The molecule has 0 radical (unpaired) electrons. The summed E-state index contributed by atoms with van der Waals surface area (Å²) in [6.07, 6.45) is 29.2. The first-order chi connectivity index (χ1) is 12.9. The predicted molar refractivity (Wildman–Crippen MR) is 111 cm³/mol. The molecule has 7 unspecified atom stereocenters. The fourth-order valence-corrected chi connectivity index (χ4v) is 8.51. The molecular formula is C24H29NS. The summed E-state index contributed by atoms with van der Waals surface area (Å²) in [6.45, 7) is 0. The van der Waals surface area contributed by atoms with Gasteiger partial charge < -0.3 is 4.90 Å². The molecule has 0 aromatic carbocycles. The van der Waals surface area contributed by atoms with Crippen molar-refractivity contribution in [3.63, 3.8) is 0 Å². The SMILES string of the molecule is C1=CC2SC3C(C=CC4C3C3=C(CCCC3)N4C3C=CCCC3)C2C=C1. The molecule has 6 rings (SSSR count). The van der Waals surface area contributed by atoms with Gasteiger partial charge in [0.05, 0.1) is 6.04 Å². The van der Waals surface area contributed by atoms with Crippen LogP contribution in [0.1, 0.15) is 44.9 Å². The molecule has 0 saturated carbocycles. The van der Waals surface area contributed by atoms with Gasteiger partial charge in [-0.25, -0.2) is 0 Å². The summed E-state index contributed by atoms with van der Waals surface area (Å²) >= 11 is 2.29. The van der Waals surface area contributed by atoms with Crippen molar-refractivity contribution in [1.82, 2.24) is 4.90 Å². The molecule has 0 N–H and O–H groups in total. The molecule has 0 spiro atoms. The zero-order valence-corrected chi connectivity index (χ0v) is 16.3. The minimum Gasteiger partial charge on any atom is -0.361 e. The summed E-state index contributed by atoms with van der Waals surface area (Å²) in [5, 5.41) is 1.49. The first-order valence-corrected chi connectivity index (χ1v) is 11.7. The summed E-state index contributed by atoms with van der Waals surface area (Å²) in [5.41, 5.74) is 3.62. The summed E-state index contributed by atoms with van der Waals surface area (Å²) in [7, 11) is 0. The van der Waals surface area contributed by atoms with Crippen molar-refractivity contribution in [2.75, 3.05) is 0 Å². The Balaban J connectivity index is 1.41. The monoisotopic (exact) mass is 363 g/mol. The highest BCUT2D eigenvalue weighted by molar-refractivity contribution is 8.01. The third kappa shape index (κ3) is 2.24. The fraction of sp³-hybridized carbons (Fsp3) is 0.583. The molecule has 1 fully saturated rings. The van der Waals surface area contributed by atoms with Crippen LogP contribution >= 0.6 is 11.8 Å². The highest BCUT2D eigenvalue weighted by atomic mass is 32.2. The molecule has 2 heteroatoms. The summed E-state index contributed by atoms with van der Waals surface area (Å²) < 4.78 is 0. The Labute approximate surface area is 162 Å². The van der Waals surface area contributed by atoms with Gasteiger partial charge in [-0.3, -0.25) is 0 Å². The van der Waals surface area contributed by atoms with E-state index >= 15 is 0 Å². The van der Waals surface area contributed by atoms with Gasteiger partial charge in [-0.15, -0.1) is 11.8 Å². The minimum absolute atomic E-state index is 0.632. The summed E-state index contributed by atoms with van der Waals surface area (Å²) in [5.74, 6) is 2.24. The summed E-state index contributed by atoms with van der Waals surface area (Å²) in [6, 6.07) is 1.28. The van der Waals surface area contributed by atoms with Crippen LogP contribution in [-0.4, -0.2) is 27.5 Å². The Morgan fingerprint density at radius 2 is 1.81 bits per heavy atom. The maximum atomic E-state index is 2.88. The van der Waals surface area contributed by atoms with E-state index in [0.717, 1.165) is 23.0 Å². The second-order valence-electron chi connectivity index (χ2n) is 8.90. The van der Waals surface area contributed by atoms with Crippen LogP contribution in [0.5, 0.6) is 0 Å². The normalized spacial score (nSPS) is 45.5. The van der Waals surface area contributed by atoms with E-state index in [1.165, 1.54) is 44.9 Å². The van der Waals surface area contributed by atoms with Gasteiger partial charge in [0.15, 0.2) is 0 Å². The Bertz CT molecular complexity index is 741. The van der Waals surface area contributed by atoms with Crippen LogP contribution in [-0.2, 0) is 0 Å². The minimum atomic E-state index is 0.632. The molecule has 1 nitrogen and oxygen atoms in total. The maximum Gasteiger partial charge on any atom is 0.0553 e. The molecular weight excluding hydrogens is 334 g/mol. The zero-order chi connectivity index (χ0) is 17.1. The van der Waals surface area contributed by atoms with Gasteiger partial charge in [-0.2, -0.15) is 0 Å². The van der Waals surface area contributed by atoms with Crippen molar-refractivity contribution >= 4 is 11.8 Å². The molecule has 0 amide bonds. The third-order valence-corrected chi connectivity index (χ3v) is 9.32. The quantitative estimate of drug-likeness (QED) is 0.555. The van der Waals surface area contributed by atoms with Crippen LogP contribution < -0.4 is 0 Å². The number of allylic oxidation sites excluding steroid dienone is 6. The lowest BCUT2D eigenvalue weighted by molar-refractivity contribution is 0.202. The van der Waals surface area contributed by atoms with Gasteiger partial charge in [0.25, 0.3) is 0 Å². The zero-order valence-electron chi connectivity index (χ0n) is 15.5. The van der Waals surface area contributed by atoms with Gasteiger partial charge in [-0.1, -0.05) is 48.6 Å². The first-order valence-electron chi connectivity index (χ1n) is 10.8. The maximum absolute atomic E-state index is 2.88. The van der Waals surface area contributed by atoms with E-state index in [-0.39, 0.29) is 0 Å². The van der Waals surface area contributed by atoms with Gasteiger partial charge in [0.2, 0.25) is 0 Å². The van der Waals surface area contributed by atoms with E-state index < -0.39 is 0 Å². The summed E-state index contributed by atoms with van der Waals surface area (Å²) in [4.78, 5) is 2.88. The number of thioether (sulfide) groups is 1. The van der Waals surface area contributed by atoms with Crippen molar-refractivity contribution < 1.29 is 0 Å². The molecule has 0 aromatic heterocycles. The lowest BCUT2D eigenvalue weighted by Crippen LogP contribution is -2.45. The molecule has 7 atom stereocenters. The third-order valence-electron chi connectivity index (χ3n) is 7.62. The molecule has 4 aliphatic carbocycles. The lowest BCUT2D eigenvalue weighted by Gasteiger charge is -2.41. The molecule has 2 aliphatic heterocycles. The van der Waals surface area contributed by atoms with Gasteiger partial charge in [-0.05, 0) is 62.4 Å². The number of rotatable bonds is 1. The van der Waals surface area contributed by atoms with E-state index in [1.807, 2.05) is 5.57 Å². The highest BCUT2D eigenvalue weighted by Gasteiger charge is 2.54. The van der Waals surface area contributed by atoms with Crippen molar-refractivity contribution in [2.24, 2.45) is 17.8 Å². The number of hydrogen-bond acceptors (Lipinski definition) is 2. The van der Waals surface area contributed by atoms with E-state index in [4.69, 9.17) is 0 Å². The highest BCUT2D eigenvalue weighted by Crippen LogP contribution is 2.58. The number of nitrogens with zero attached hydrogens (tertiary/aromatic N) is 1. The predicted octanol–water partition coefficient (Wildman–Crippen LogP) is 5.64. The fourth-order valence-electron chi connectivity index (χ4n) is 6.56. The Morgan fingerprint density at radius 3 is 2.73 bits per heavy atom. The first kappa shape index (κ1) is 15.9. The van der Waals surface area contributed by atoms with Crippen molar-refractivity contribution in [1.29, 1.82) is 0 Å². The van der Waals surface area contributed by atoms with Gasteiger partial charge in [0, 0.05) is 28.2 Å². The van der Waals surface area contributed by atoms with Crippen molar-refractivity contribution in [3.05, 3.63) is 59.9 Å². The van der Waals surface area contributed by atoms with Crippen LogP contribution in [0.2, 0.25) is 0 Å². The topological polar surface area (TPSA) is 3.24 Å².